The lowest BCUT2D eigenvalue weighted by Gasteiger charge is -2.32. The van der Waals surface area contributed by atoms with Gasteiger partial charge in [-0.1, -0.05) is 0 Å². The molecule has 0 unspecified atom stereocenters. The van der Waals surface area contributed by atoms with Crippen LogP contribution in [0.3, 0.4) is 0 Å². The minimum absolute atomic E-state index is 0.170. The molecule has 0 amide bonds. The fourth-order valence-corrected chi connectivity index (χ4v) is 2.17. The van der Waals surface area contributed by atoms with Crippen molar-refractivity contribution < 1.29 is 22.5 Å². The number of benzene rings is 1. The van der Waals surface area contributed by atoms with E-state index in [4.69, 9.17) is 9.31 Å². The highest BCUT2D eigenvalue weighted by Crippen LogP contribution is 2.37. The molecular weight excluding hydrogens is 324 g/mol. The van der Waals surface area contributed by atoms with E-state index in [9.17, 15) is 13.2 Å². The molecule has 19 heavy (non-hydrogen) atoms. The average molecular weight is 337 g/mol. The van der Waals surface area contributed by atoms with Crippen LogP contribution < -0.4 is 5.46 Å². The zero-order chi connectivity index (χ0) is 14.6. The van der Waals surface area contributed by atoms with Crippen LogP contribution in [0.4, 0.5) is 13.2 Å². The summed E-state index contributed by atoms with van der Waals surface area (Å²) in [5.74, 6) is -3.37. The molecule has 0 aromatic heterocycles. The SMILES string of the molecule is CC1(C)OB(c2c(F)c(F)cc(Br)c2F)OC1(C)C. The molecule has 0 aliphatic carbocycles. The van der Waals surface area contributed by atoms with Gasteiger partial charge in [0.2, 0.25) is 0 Å². The first-order valence-corrected chi connectivity index (χ1v) is 6.54. The van der Waals surface area contributed by atoms with Crippen LogP contribution in [0.5, 0.6) is 0 Å². The lowest BCUT2D eigenvalue weighted by Crippen LogP contribution is -2.41. The van der Waals surface area contributed by atoms with E-state index >= 15 is 0 Å². The molecule has 0 saturated carbocycles. The van der Waals surface area contributed by atoms with Gasteiger partial charge in [0, 0.05) is 0 Å². The molecule has 1 aromatic rings. The summed E-state index contributed by atoms with van der Waals surface area (Å²) in [6, 6.07) is 0.736. The monoisotopic (exact) mass is 336 g/mol. The summed E-state index contributed by atoms with van der Waals surface area (Å²) in [6.07, 6.45) is 0. The second-order valence-electron chi connectivity index (χ2n) is 5.47. The minimum Gasteiger partial charge on any atom is -0.399 e. The molecule has 1 heterocycles. The number of hydrogen-bond donors (Lipinski definition) is 0. The Morgan fingerprint density at radius 1 is 1.00 bits per heavy atom. The van der Waals surface area contributed by atoms with Crippen LogP contribution in [0.15, 0.2) is 10.5 Å². The highest BCUT2D eigenvalue weighted by Gasteiger charge is 2.53. The molecule has 1 aliphatic rings. The number of halogens is 4. The van der Waals surface area contributed by atoms with Crippen molar-refractivity contribution in [3.63, 3.8) is 0 Å². The molecule has 1 aromatic carbocycles. The Bertz CT molecular complexity index is 492. The van der Waals surface area contributed by atoms with Gasteiger partial charge in [-0.3, -0.25) is 0 Å². The largest absolute Gasteiger partial charge is 0.501 e. The third-order valence-electron chi connectivity index (χ3n) is 3.63. The second kappa shape index (κ2) is 4.50. The lowest BCUT2D eigenvalue weighted by molar-refractivity contribution is 0.00578. The van der Waals surface area contributed by atoms with Crippen LogP contribution in [0, 0.1) is 17.5 Å². The Hall–Kier alpha value is -0.525. The fraction of sp³-hybridized carbons (Fsp3) is 0.500. The molecule has 0 radical (unpaired) electrons. The van der Waals surface area contributed by atoms with Gasteiger partial charge >= 0.3 is 7.12 Å². The maximum absolute atomic E-state index is 14.0. The van der Waals surface area contributed by atoms with Crippen LogP contribution in [0.25, 0.3) is 0 Å². The lowest BCUT2D eigenvalue weighted by atomic mass is 9.78. The molecule has 0 N–H and O–H groups in total. The Morgan fingerprint density at radius 3 is 1.95 bits per heavy atom. The van der Waals surface area contributed by atoms with Gasteiger partial charge in [-0.05, 0) is 49.7 Å². The summed E-state index contributed by atoms with van der Waals surface area (Å²) < 4.78 is 52.1. The molecule has 2 nitrogen and oxygen atoms in total. The van der Waals surface area contributed by atoms with Gasteiger partial charge in [0.05, 0.1) is 21.1 Å². The average Bonchev–Trinajstić information content (AvgIpc) is 2.45. The Kier molecular flexibility index (Phi) is 3.52. The van der Waals surface area contributed by atoms with Crippen molar-refractivity contribution in [1.29, 1.82) is 0 Å². The van der Waals surface area contributed by atoms with E-state index in [1.54, 1.807) is 27.7 Å². The van der Waals surface area contributed by atoms with Crippen LogP contribution in [-0.2, 0) is 9.31 Å². The van der Waals surface area contributed by atoms with Gasteiger partial charge in [0.15, 0.2) is 11.6 Å². The number of hydrogen-bond acceptors (Lipinski definition) is 2. The molecule has 0 atom stereocenters. The second-order valence-corrected chi connectivity index (χ2v) is 6.32. The summed E-state index contributed by atoms with van der Waals surface area (Å²) in [7, 11) is -1.28. The zero-order valence-electron chi connectivity index (χ0n) is 11.0. The third kappa shape index (κ3) is 2.32. The van der Waals surface area contributed by atoms with Crippen LogP contribution in [0.2, 0.25) is 0 Å². The maximum Gasteiger partial charge on any atom is 0.501 e. The Morgan fingerprint density at radius 2 is 1.47 bits per heavy atom. The normalized spacial score (nSPS) is 20.9. The van der Waals surface area contributed by atoms with E-state index in [0.29, 0.717) is 0 Å². The van der Waals surface area contributed by atoms with E-state index in [1.165, 1.54) is 0 Å². The van der Waals surface area contributed by atoms with E-state index in [1.807, 2.05) is 0 Å². The first-order valence-electron chi connectivity index (χ1n) is 5.75. The molecule has 2 rings (SSSR count). The summed E-state index contributed by atoms with van der Waals surface area (Å²) in [5.41, 5.74) is -2.06. The third-order valence-corrected chi connectivity index (χ3v) is 4.21. The summed E-state index contributed by atoms with van der Waals surface area (Å²) in [5, 5.41) is 0. The fourth-order valence-electron chi connectivity index (χ4n) is 1.76. The maximum atomic E-state index is 14.0. The summed E-state index contributed by atoms with van der Waals surface area (Å²) in [4.78, 5) is 0. The number of rotatable bonds is 1. The van der Waals surface area contributed by atoms with Crippen molar-refractivity contribution >= 4 is 28.5 Å². The van der Waals surface area contributed by atoms with E-state index < -0.39 is 41.2 Å². The Labute approximate surface area is 118 Å². The van der Waals surface area contributed by atoms with Crippen LogP contribution >= 0.6 is 15.9 Å². The summed E-state index contributed by atoms with van der Waals surface area (Å²) in [6.45, 7) is 6.99. The van der Waals surface area contributed by atoms with E-state index in [2.05, 4.69) is 15.9 Å². The molecular formula is C12H13BBrF3O2. The highest BCUT2D eigenvalue weighted by atomic mass is 79.9. The van der Waals surface area contributed by atoms with Crippen molar-refractivity contribution in [1.82, 2.24) is 0 Å². The molecule has 104 valence electrons. The summed E-state index contributed by atoms with van der Waals surface area (Å²) >= 11 is 2.84. The predicted octanol–water partition coefficient (Wildman–Crippen LogP) is 3.17. The smallest absolute Gasteiger partial charge is 0.399 e. The van der Waals surface area contributed by atoms with Gasteiger partial charge in [0.25, 0.3) is 0 Å². The topological polar surface area (TPSA) is 18.5 Å². The minimum atomic E-state index is -1.29. The van der Waals surface area contributed by atoms with E-state index in [0.717, 1.165) is 6.07 Å². The quantitative estimate of drug-likeness (QED) is 0.579. The van der Waals surface area contributed by atoms with Gasteiger partial charge in [-0.15, -0.1) is 0 Å². The molecule has 0 spiro atoms. The van der Waals surface area contributed by atoms with Gasteiger partial charge in [-0.25, -0.2) is 13.2 Å². The molecule has 1 saturated heterocycles. The van der Waals surface area contributed by atoms with Crippen molar-refractivity contribution in [2.24, 2.45) is 0 Å². The van der Waals surface area contributed by atoms with Gasteiger partial charge in [0.1, 0.15) is 5.82 Å². The van der Waals surface area contributed by atoms with Crippen molar-refractivity contribution in [2.75, 3.05) is 0 Å². The van der Waals surface area contributed by atoms with E-state index in [-0.39, 0.29) is 4.47 Å². The standard InChI is InChI=1S/C12H13BBrF3O2/c1-11(2)12(3,4)19-13(18-11)8-9(16)6(14)5-7(15)10(8)17/h5H,1-4H3. The molecule has 7 heteroatoms. The first kappa shape index (κ1) is 14.9. The molecule has 0 bridgehead atoms. The van der Waals surface area contributed by atoms with Gasteiger partial charge < -0.3 is 9.31 Å². The first-order chi connectivity index (χ1) is 8.57. The Balaban J connectivity index is 2.51. The predicted molar refractivity (Wildman–Crippen MR) is 69.7 cm³/mol. The zero-order valence-corrected chi connectivity index (χ0v) is 12.6. The van der Waals surface area contributed by atoms with Crippen molar-refractivity contribution in [2.45, 2.75) is 38.9 Å². The molecule has 1 aliphatic heterocycles. The van der Waals surface area contributed by atoms with Crippen molar-refractivity contribution in [3.8, 4) is 0 Å². The van der Waals surface area contributed by atoms with Crippen LogP contribution in [-0.4, -0.2) is 18.3 Å². The highest BCUT2D eigenvalue weighted by molar-refractivity contribution is 9.10. The molecule has 1 fully saturated rings. The van der Waals surface area contributed by atoms with Crippen molar-refractivity contribution in [3.05, 3.63) is 28.0 Å². The van der Waals surface area contributed by atoms with Gasteiger partial charge in [-0.2, -0.15) is 0 Å². The van der Waals surface area contributed by atoms with Crippen LogP contribution in [0.1, 0.15) is 27.7 Å².